The summed E-state index contributed by atoms with van der Waals surface area (Å²) < 4.78 is 8.57. The van der Waals surface area contributed by atoms with Gasteiger partial charge in [0, 0.05) is 49.0 Å². The summed E-state index contributed by atoms with van der Waals surface area (Å²) in [5, 5.41) is 15.8. The maximum Gasteiger partial charge on any atom is 0.374 e. The lowest BCUT2D eigenvalue weighted by atomic mass is 9.73. The highest BCUT2D eigenvalue weighted by Crippen LogP contribution is 2.45. The number of para-hydroxylation sites is 2. The number of rotatable bonds is 15. The number of carboxylic acid groups (broad SMARTS) is 1. The molecule has 1 aliphatic heterocycles. The van der Waals surface area contributed by atoms with Gasteiger partial charge in [-0.25, -0.2) is 0 Å². The van der Waals surface area contributed by atoms with Crippen LogP contribution < -0.4 is 24.8 Å². The second kappa shape index (κ2) is 17.6. The van der Waals surface area contributed by atoms with Crippen LogP contribution in [0.1, 0.15) is 82.2 Å². The molecule has 8 nitrogen and oxygen atoms in total. The fourth-order valence-electron chi connectivity index (χ4n) is 8.47. The molecule has 2 unspecified atom stereocenters. The summed E-state index contributed by atoms with van der Waals surface area (Å²) in [6.45, 7) is 9.45. The SMILES string of the molecule is CCC(=C\c1oc2ccccc2[n+]1CC)/C=C1\N(CC)c2ccc(-c3ccccc3)cc2N1CCCCNC(=O)CCC1c2ccc(Cl)cc2CCC1C(=O)[O-]. The van der Waals surface area contributed by atoms with Gasteiger partial charge in [-0.05, 0) is 123 Å². The average molecular weight is 771 g/mol. The summed E-state index contributed by atoms with van der Waals surface area (Å²) >= 11 is 6.23. The van der Waals surface area contributed by atoms with Gasteiger partial charge in [0.1, 0.15) is 12.4 Å². The highest BCUT2D eigenvalue weighted by atomic mass is 35.5. The second-order valence-electron chi connectivity index (χ2n) is 14.7. The fraction of sp³-hybridized carbons (Fsp3) is 0.340. The van der Waals surface area contributed by atoms with Crippen molar-refractivity contribution in [3.63, 3.8) is 0 Å². The Morgan fingerprint density at radius 1 is 0.929 bits per heavy atom. The number of hydrogen-bond acceptors (Lipinski definition) is 6. The van der Waals surface area contributed by atoms with Crippen molar-refractivity contribution in [2.75, 3.05) is 29.4 Å². The molecule has 1 N–H and O–H groups in total. The molecule has 1 aromatic heterocycles. The van der Waals surface area contributed by atoms with Gasteiger partial charge in [0.05, 0.1) is 17.5 Å². The van der Waals surface area contributed by atoms with Crippen LogP contribution in [0.15, 0.2) is 113 Å². The van der Waals surface area contributed by atoms with Gasteiger partial charge in [0.15, 0.2) is 0 Å². The lowest BCUT2D eigenvalue weighted by Gasteiger charge is -2.34. The molecule has 0 spiro atoms. The Bertz CT molecular complexity index is 2260. The van der Waals surface area contributed by atoms with Crippen molar-refractivity contribution in [2.24, 2.45) is 5.92 Å². The Balaban J connectivity index is 1.07. The molecule has 2 heterocycles. The van der Waals surface area contributed by atoms with E-state index in [1.807, 2.05) is 36.4 Å². The Morgan fingerprint density at radius 3 is 2.50 bits per heavy atom. The first-order valence-corrected chi connectivity index (χ1v) is 20.5. The molecule has 0 saturated heterocycles. The highest BCUT2D eigenvalue weighted by Gasteiger charge is 2.32. The number of amides is 1. The van der Waals surface area contributed by atoms with Crippen LogP contribution >= 0.6 is 11.6 Å². The molecule has 1 amide bonds. The van der Waals surface area contributed by atoms with E-state index in [1.54, 1.807) is 6.07 Å². The molecular weight excluding hydrogens is 720 g/mol. The first kappa shape index (κ1) is 38.9. The summed E-state index contributed by atoms with van der Waals surface area (Å²) in [4.78, 5) is 29.9. The zero-order chi connectivity index (χ0) is 39.2. The minimum absolute atomic E-state index is 0.0624. The Labute approximate surface area is 335 Å². The summed E-state index contributed by atoms with van der Waals surface area (Å²) in [6.07, 6.45) is 8.82. The van der Waals surface area contributed by atoms with E-state index in [4.69, 9.17) is 16.0 Å². The third-order valence-corrected chi connectivity index (χ3v) is 11.6. The van der Waals surface area contributed by atoms with Crippen LogP contribution in [-0.2, 0) is 22.6 Å². The number of nitrogens with one attached hydrogen (secondary N) is 1. The van der Waals surface area contributed by atoms with Gasteiger partial charge < -0.3 is 29.4 Å². The van der Waals surface area contributed by atoms with Crippen molar-refractivity contribution in [3.05, 3.63) is 131 Å². The minimum Gasteiger partial charge on any atom is -0.550 e. The van der Waals surface area contributed by atoms with Crippen LogP contribution in [0.2, 0.25) is 5.02 Å². The van der Waals surface area contributed by atoms with E-state index < -0.39 is 11.9 Å². The smallest absolute Gasteiger partial charge is 0.374 e. The number of hydrogen-bond donors (Lipinski definition) is 1. The van der Waals surface area contributed by atoms with E-state index in [2.05, 4.69) is 101 Å². The number of carbonyl (C=O) groups excluding carboxylic acids is 2. The first-order valence-electron chi connectivity index (χ1n) is 20.1. The van der Waals surface area contributed by atoms with Gasteiger partial charge in [-0.3, -0.25) is 4.79 Å². The van der Waals surface area contributed by atoms with E-state index in [0.717, 1.165) is 78.4 Å². The Hall–Kier alpha value is -5.34. The van der Waals surface area contributed by atoms with Crippen molar-refractivity contribution in [2.45, 2.75) is 78.2 Å². The van der Waals surface area contributed by atoms with Crippen molar-refractivity contribution in [3.8, 4) is 11.1 Å². The maximum atomic E-state index is 13.1. The van der Waals surface area contributed by atoms with E-state index in [-0.39, 0.29) is 18.2 Å². The highest BCUT2D eigenvalue weighted by molar-refractivity contribution is 6.30. The average Bonchev–Trinajstić information content (AvgIpc) is 3.72. The number of aromatic nitrogens is 1. The third-order valence-electron chi connectivity index (χ3n) is 11.3. The molecule has 2 atom stereocenters. The quantitative estimate of drug-likeness (QED) is 0.0846. The standard InChI is InChI=1S/C47H51ClN4O4/c1-4-32(29-46-51(6-3)41-16-10-11-17-43(41)56-46)28-45-50(5-2)40-24-19-34(33-14-8-7-9-15-33)31-42(40)52(45)27-13-12-26-49-44(53)25-23-38-37-22-20-36(48)30-35(37)18-21-39(38)47(54)55/h7-11,14-17,19-20,22,24,28-31,38-39H,4-6,12-13,18,21,23,25-27H2,1-3H3,(H-,49,53,54,55). The molecule has 290 valence electrons. The Morgan fingerprint density at radius 2 is 1.73 bits per heavy atom. The number of fused-ring (bicyclic) bond motifs is 3. The van der Waals surface area contributed by atoms with E-state index in [1.165, 1.54) is 22.5 Å². The van der Waals surface area contributed by atoms with Crippen LogP contribution in [-0.4, -0.2) is 31.5 Å². The number of carbonyl (C=O) groups is 2. The van der Waals surface area contributed by atoms with Gasteiger partial charge in [0.25, 0.3) is 5.52 Å². The molecule has 0 saturated carbocycles. The summed E-state index contributed by atoms with van der Waals surface area (Å²) in [5.41, 5.74) is 9.85. The molecule has 5 aromatic rings. The molecule has 0 fully saturated rings. The molecule has 9 heteroatoms. The second-order valence-corrected chi connectivity index (χ2v) is 15.1. The number of anilines is 2. The van der Waals surface area contributed by atoms with Gasteiger partial charge in [-0.1, -0.05) is 73.1 Å². The van der Waals surface area contributed by atoms with E-state index >= 15 is 0 Å². The number of oxazole rings is 1. The van der Waals surface area contributed by atoms with Gasteiger partial charge in [-0.2, -0.15) is 4.57 Å². The normalized spacial score (nSPS) is 17.4. The van der Waals surface area contributed by atoms with E-state index in [9.17, 15) is 14.7 Å². The molecular formula is C47H51ClN4O4. The van der Waals surface area contributed by atoms with Crippen LogP contribution in [0, 0.1) is 5.92 Å². The number of carboxylic acids is 1. The van der Waals surface area contributed by atoms with Crippen molar-refractivity contribution >= 4 is 52.0 Å². The van der Waals surface area contributed by atoms with Crippen LogP contribution in [0.5, 0.6) is 0 Å². The van der Waals surface area contributed by atoms with Gasteiger partial charge in [-0.15, -0.1) is 0 Å². The maximum absolute atomic E-state index is 13.1. The van der Waals surface area contributed by atoms with Gasteiger partial charge in [0.2, 0.25) is 11.5 Å². The number of nitrogens with zero attached hydrogens (tertiary/aromatic N) is 3. The molecule has 7 rings (SSSR count). The Kier molecular flexibility index (Phi) is 12.3. The molecule has 0 radical (unpaired) electrons. The van der Waals surface area contributed by atoms with Gasteiger partial charge >= 0.3 is 5.89 Å². The summed E-state index contributed by atoms with van der Waals surface area (Å²) in [5.74, 6) is -0.0296. The lowest BCUT2D eigenvalue weighted by Crippen LogP contribution is -2.38. The molecule has 0 bridgehead atoms. The predicted octanol–water partition coefficient (Wildman–Crippen LogP) is 8.81. The van der Waals surface area contributed by atoms with E-state index in [0.29, 0.717) is 30.8 Å². The van der Waals surface area contributed by atoms with Crippen LogP contribution in [0.3, 0.4) is 0 Å². The van der Waals surface area contributed by atoms with Crippen molar-refractivity contribution < 1.29 is 23.7 Å². The zero-order valence-electron chi connectivity index (χ0n) is 32.6. The molecule has 1 aliphatic carbocycles. The molecule has 56 heavy (non-hydrogen) atoms. The number of unbranched alkanes of at least 4 members (excludes halogenated alkanes) is 1. The molecule has 2 aliphatic rings. The number of allylic oxidation sites excluding steroid dienone is 2. The van der Waals surface area contributed by atoms with Crippen molar-refractivity contribution in [1.82, 2.24) is 5.32 Å². The third kappa shape index (κ3) is 8.26. The first-order chi connectivity index (χ1) is 27.3. The number of halogens is 1. The predicted molar refractivity (Wildman–Crippen MR) is 223 cm³/mol. The zero-order valence-corrected chi connectivity index (χ0v) is 33.4. The number of aliphatic carboxylic acids is 1. The largest absolute Gasteiger partial charge is 0.550 e. The van der Waals surface area contributed by atoms with Crippen molar-refractivity contribution in [1.29, 1.82) is 0 Å². The van der Waals surface area contributed by atoms with Crippen LogP contribution in [0.4, 0.5) is 11.4 Å². The lowest BCUT2D eigenvalue weighted by molar-refractivity contribution is -0.674. The number of benzene rings is 4. The number of aryl methyl sites for hydroxylation is 2. The minimum atomic E-state index is -1.05. The monoisotopic (exact) mass is 770 g/mol. The van der Waals surface area contributed by atoms with Crippen LogP contribution in [0.25, 0.3) is 28.3 Å². The fourth-order valence-corrected chi connectivity index (χ4v) is 8.66. The topological polar surface area (TPSA) is 92.7 Å². The molecule has 4 aromatic carbocycles. The summed E-state index contributed by atoms with van der Waals surface area (Å²) in [6, 6.07) is 31.0. The summed E-state index contributed by atoms with van der Waals surface area (Å²) in [7, 11) is 0.